The summed E-state index contributed by atoms with van der Waals surface area (Å²) in [5.74, 6) is 2.44. The fraction of sp³-hybridized carbons (Fsp3) is 0.833. The van der Waals surface area contributed by atoms with E-state index in [-0.39, 0.29) is 0 Å². The zero-order valence-corrected chi connectivity index (χ0v) is 10.3. The van der Waals surface area contributed by atoms with Crippen LogP contribution in [-0.4, -0.2) is 28.1 Å². The summed E-state index contributed by atoms with van der Waals surface area (Å²) in [6.45, 7) is 7.49. The van der Waals surface area contributed by atoms with Crippen molar-refractivity contribution in [3.63, 3.8) is 0 Å². The Bertz CT molecular complexity index is 324. The van der Waals surface area contributed by atoms with E-state index in [4.69, 9.17) is 4.52 Å². The van der Waals surface area contributed by atoms with E-state index in [1.807, 2.05) is 6.92 Å². The van der Waals surface area contributed by atoms with Crippen molar-refractivity contribution in [1.82, 2.24) is 15.0 Å². The molecule has 1 aliphatic heterocycles. The zero-order chi connectivity index (χ0) is 11.4. The number of hydrogen-bond donors (Lipinski definition) is 0. The number of rotatable bonds is 4. The highest BCUT2D eigenvalue weighted by atomic mass is 16.5. The zero-order valence-electron chi connectivity index (χ0n) is 10.3. The standard InChI is InChI=1S/C12H21N3O/c1-3-10-6-5-7-15(8-10)9-12-13-11(4-2)14-16-12/h10H,3-9H2,1-2H3/t10-/m0/s1. The van der Waals surface area contributed by atoms with E-state index in [0.717, 1.165) is 30.6 Å². The molecule has 0 saturated carbocycles. The van der Waals surface area contributed by atoms with E-state index >= 15 is 0 Å². The Morgan fingerprint density at radius 1 is 1.44 bits per heavy atom. The van der Waals surface area contributed by atoms with Crippen molar-refractivity contribution in [2.45, 2.75) is 46.1 Å². The van der Waals surface area contributed by atoms with Crippen LogP contribution in [0, 0.1) is 5.92 Å². The van der Waals surface area contributed by atoms with Gasteiger partial charge in [0.25, 0.3) is 0 Å². The molecule has 1 atom stereocenters. The van der Waals surface area contributed by atoms with Crippen LogP contribution >= 0.6 is 0 Å². The molecule has 4 nitrogen and oxygen atoms in total. The van der Waals surface area contributed by atoms with E-state index in [9.17, 15) is 0 Å². The predicted molar refractivity (Wildman–Crippen MR) is 62.0 cm³/mol. The number of likely N-dealkylation sites (tertiary alicyclic amines) is 1. The Hall–Kier alpha value is -0.900. The second kappa shape index (κ2) is 5.43. The molecule has 0 bridgehead atoms. The molecule has 16 heavy (non-hydrogen) atoms. The highest BCUT2D eigenvalue weighted by Gasteiger charge is 2.20. The number of aromatic nitrogens is 2. The second-order valence-electron chi connectivity index (χ2n) is 4.61. The summed E-state index contributed by atoms with van der Waals surface area (Å²) in [6.07, 6.45) is 4.80. The summed E-state index contributed by atoms with van der Waals surface area (Å²) in [6, 6.07) is 0. The molecule has 0 radical (unpaired) electrons. The van der Waals surface area contributed by atoms with Crippen LogP contribution < -0.4 is 0 Å². The monoisotopic (exact) mass is 223 g/mol. The number of hydrogen-bond acceptors (Lipinski definition) is 4. The first-order valence-corrected chi connectivity index (χ1v) is 6.35. The SMILES string of the molecule is CCc1noc(CN2CCC[C@H](CC)C2)n1. The molecule has 0 unspecified atom stereocenters. The maximum Gasteiger partial charge on any atom is 0.240 e. The minimum Gasteiger partial charge on any atom is -0.338 e. The molecule has 1 saturated heterocycles. The third kappa shape index (κ3) is 2.82. The normalized spacial score (nSPS) is 22.5. The third-order valence-electron chi connectivity index (χ3n) is 3.37. The van der Waals surface area contributed by atoms with Crippen LogP contribution in [-0.2, 0) is 13.0 Å². The maximum atomic E-state index is 5.22. The highest BCUT2D eigenvalue weighted by molar-refractivity contribution is 4.86. The summed E-state index contributed by atoms with van der Waals surface area (Å²) < 4.78 is 5.22. The number of piperidine rings is 1. The van der Waals surface area contributed by atoms with Crippen molar-refractivity contribution >= 4 is 0 Å². The van der Waals surface area contributed by atoms with Crippen LogP contribution in [0.4, 0.5) is 0 Å². The lowest BCUT2D eigenvalue weighted by molar-refractivity contribution is 0.148. The average Bonchev–Trinajstić information content (AvgIpc) is 2.77. The molecule has 1 fully saturated rings. The Kier molecular flexibility index (Phi) is 3.93. The van der Waals surface area contributed by atoms with Gasteiger partial charge in [0.2, 0.25) is 5.89 Å². The van der Waals surface area contributed by atoms with Crippen molar-refractivity contribution in [3.8, 4) is 0 Å². The first-order chi connectivity index (χ1) is 7.81. The summed E-state index contributed by atoms with van der Waals surface area (Å²) in [7, 11) is 0. The molecule has 0 amide bonds. The summed E-state index contributed by atoms with van der Waals surface area (Å²) >= 11 is 0. The molecular weight excluding hydrogens is 202 g/mol. The van der Waals surface area contributed by atoms with E-state index in [1.54, 1.807) is 0 Å². The quantitative estimate of drug-likeness (QED) is 0.785. The van der Waals surface area contributed by atoms with Gasteiger partial charge >= 0.3 is 0 Å². The van der Waals surface area contributed by atoms with Gasteiger partial charge in [0, 0.05) is 13.0 Å². The first-order valence-electron chi connectivity index (χ1n) is 6.35. The minimum absolute atomic E-state index is 0.772. The van der Waals surface area contributed by atoms with Gasteiger partial charge in [0.1, 0.15) is 0 Å². The molecule has 1 aromatic heterocycles. The van der Waals surface area contributed by atoms with Crippen LogP contribution in [0.5, 0.6) is 0 Å². The molecule has 0 aromatic carbocycles. The minimum atomic E-state index is 0.772. The lowest BCUT2D eigenvalue weighted by atomic mass is 9.96. The summed E-state index contributed by atoms with van der Waals surface area (Å²) in [5, 5.41) is 3.93. The molecule has 2 rings (SSSR count). The fourth-order valence-corrected chi connectivity index (χ4v) is 2.32. The Labute approximate surface area is 97.0 Å². The van der Waals surface area contributed by atoms with Gasteiger partial charge in [-0.05, 0) is 25.3 Å². The van der Waals surface area contributed by atoms with Crippen molar-refractivity contribution in [2.75, 3.05) is 13.1 Å². The Morgan fingerprint density at radius 3 is 3.00 bits per heavy atom. The van der Waals surface area contributed by atoms with Gasteiger partial charge in [-0.2, -0.15) is 4.98 Å². The largest absolute Gasteiger partial charge is 0.338 e. The lowest BCUT2D eigenvalue weighted by Crippen LogP contribution is -2.34. The van der Waals surface area contributed by atoms with Crippen LogP contribution in [0.3, 0.4) is 0 Å². The molecule has 0 N–H and O–H groups in total. The van der Waals surface area contributed by atoms with Gasteiger partial charge in [-0.25, -0.2) is 0 Å². The van der Waals surface area contributed by atoms with E-state index < -0.39 is 0 Å². The van der Waals surface area contributed by atoms with E-state index in [2.05, 4.69) is 22.0 Å². The van der Waals surface area contributed by atoms with Gasteiger partial charge < -0.3 is 4.52 Å². The molecule has 1 aliphatic rings. The van der Waals surface area contributed by atoms with Gasteiger partial charge in [0.15, 0.2) is 5.82 Å². The first kappa shape index (κ1) is 11.6. The summed E-state index contributed by atoms with van der Waals surface area (Å²) in [4.78, 5) is 6.79. The van der Waals surface area contributed by atoms with Crippen molar-refractivity contribution in [1.29, 1.82) is 0 Å². The van der Waals surface area contributed by atoms with E-state index in [0.29, 0.717) is 0 Å². The lowest BCUT2D eigenvalue weighted by Gasteiger charge is -2.30. The fourth-order valence-electron chi connectivity index (χ4n) is 2.32. The average molecular weight is 223 g/mol. The maximum absolute atomic E-state index is 5.22. The molecule has 0 aliphatic carbocycles. The van der Waals surface area contributed by atoms with Crippen LogP contribution in [0.1, 0.15) is 44.8 Å². The molecule has 90 valence electrons. The van der Waals surface area contributed by atoms with Crippen LogP contribution in [0.2, 0.25) is 0 Å². The smallest absolute Gasteiger partial charge is 0.240 e. The highest BCUT2D eigenvalue weighted by Crippen LogP contribution is 2.20. The topological polar surface area (TPSA) is 42.2 Å². The molecule has 4 heteroatoms. The molecule has 2 heterocycles. The Morgan fingerprint density at radius 2 is 2.31 bits per heavy atom. The predicted octanol–water partition coefficient (Wildman–Crippen LogP) is 2.25. The van der Waals surface area contributed by atoms with Crippen molar-refractivity contribution < 1.29 is 4.52 Å². The van der Waals surface area contributed by atoms with Crippen molar-refractivity contribution in [2.24, 2.45) is 5.92 Å². The van der Waals surface area contributed by atoms with Crippen molar-refractivity contribution in [3.05, 3.63) is 11.7 Å². The van der Waals surface area contributed by atoms with E-state index in [1.165, 1.54) is 32.4 Å². The third-order valence-corrected chi connectivity index (χ3v) is 3.37. The van der Waals surface area contributed by atoms with Gasteiger partial charge in [-0.1, -0.05) is 25.4 Å². The molecule has 1 aromatic rings. The number of nitrogens with zero attached hydrogens (tertiary/aromatic N) is 3. The Balaban J connectivity index is 1.88. The van der Waals surface area contributed by atoms with Gasteiger partial charge in [-0.15, -0.1) is 0 Å². The molecular formula is C12H21N3O. The summed E-state index contributed by atoms with van der Waals surface area (Å²) in [5.41, 5.74) is 0. The second-order valence-corrected chi connectivity index (χ2v) is 4.61. The number of aryl methyl sites for hydroxylation is 1. The van der Waals surface area contributed by atoms with Gasteiger partial charge in [-0.3, -0.25) is 4.90 Å². The molecule has 0 spiro atoms. The van der Waals surface area contributed by atoms with Crippen LogP contribution in [0.25, 0.3) is 0 Å². The van der Waals surface area contributed by atoms with Gasteiger partial charge in [0.05, 0.1) is 6.54 Å². The van der Waals surface area contributed by atoms with Crippen LogP contribution in [0.15, 0.2) is 4.52 Å².